The number of anilines is 1. The zero-order chi connectivity index (χ0) is 20.8. The van der Waals surface area contributed by atoms with Crippen LogP contribution in [-0.4, -0.2) is 66.3 Å². The van der Waals surface area contributed by atoms with Gasteiger partial charge >= 0.3 is 0 Å². The number of hydrogen-bond donors (Lipinski definition) is 1. The highest BCUT2D eigenvalue weighted by molar-refractivity contribution is 6.06. The van der Waals surface area contributed by atoms with Crippen LogP contribution in [0.3, 0.4) is 0 Å². The lowest BCUT2D eigenvalue weighted by Crippen LogP contribution is -2.52. The van der Waals surface area contributed by atoms with Crippen LogP contribution in [0.2, 0.25) is 0 Å². The smallest absolute Gasteiger partial charge is 0.255 e. The molecule has 1 unspecified atom stereocenters. The van der Waals surface area contributed by atoms with Crippen molar-refractivity contribution in [3.05, 3.63) is 29.1 Å². The summed E-state index contributed by atoms with van der Waals surface area (Å²) in [7, 11) is 0. The largest absolute Gasteiger partial charge is 0.369 e. The molecule has 0 spiro atoms. The summed E-state index contributed by atoms with van der Waals surface area (Å²) in [6.07, 6.45) is 4.52. The number of hydrogen-bond acceptors (Lipinski definition) is 5. The summed E-state index contributed by atoms with van der Waals surface area (Å²) >= 11 is 0. The summed E-state index contributed by atoms with van der Waals surface area (Å²) in [5.74, 6) is -0.691. The summed E-state index contributed by atoms with van der Waals surface area (Å²) in [5.41, 5.74) is 1.89. The van der Waals surface area contributed by atoms with Gasteiger partial charge in [-0.15, -0.1) is 0 Å². The predicted molar refractivity (Wildman–Crippen MR) is 108 cm³/mol. The van der Waals surface area contributed by atoms with E-state index in [1.807, 2.05) is 0 Å². The number of piperazine rings is 1. The van der Waals surface area contributed by atoms with Crippen molar-refractivity contribution in [1.82, 2.24) is 15.1 Å². The first-order valence-electron chi connectivity index (χ1n) is 10.9. The second-order valence-corrected chi connectivity index (χ2v) is 8.94. The summed E-state index contributed by atoms with van der Waals surface area (Å²) in [6.45, 7) is 4.90. The van der Waals surface area contributed by atoms with Gasteiger partial charge in [-0.1, -0.05) is 6.42 Å². The summed E-state index contributed by atoms with van der Waals surface area (Å²) < 4.78 is 14.4. The van der Waals surface area contributed by atoms with Crippen molar-refractivity contribution in [2.45, 2.75) is 44.7 Å². The van der Waals surface area contributed by atoms with Crippen molar-refractivity contribution in [1.29, 1.82) is 0 Å². The molecule has 1 aromatic rings. The Morgan fingerprint density at radius 1 is 1.03 bits per heavy atom. The number of imide groups is 1. The van der Waals surface area contributed by atoms with Crippen LogP contribution in [0.4, 0.5) is 10.1 Å². The van der Waals surface area contributed by atoms with Crippen LogP contribution in [-0.2, 0) is 16.1 Å². The number of carbonyl (C=O) groups is 3. The van der Waals surface area contributed by atoms with Gasteiger partial charge in [-0.2, -0.15) is 0 Å². The van der Waals surface area contributed by atoms with Gasteiger partial charge in [-0.05, 0) is 37.3 Å². The number of benzene rings is 1. The van der Waals surface area contributed by atoms with E-state index in [0.717, 1.165) is 49.9 Å². The van der Waals surface area contributed by atoms with Crippen LogP contribution in [0.25, 0.3) is 0 Å². The Labute approximate surface area is 175 Å². The number of fused-ring (bicyclic) bond motifs is 1. The van der Waals surface area contributed by atoms with E-state index in [0.29, 0.717) is 12.0 Å². The second-order valence-electron chi connectivity index (χ2n) is 8.94. The topological polar surface area (TPSA) is 73.0 Å². The van der Waals surface area contributed by atoms with Crippen molar-refractivity contribution < 1.29 is 18.8 Å². The van der Waals surface area contributed by atoms with E-state index in [1.165, 1.54) is 36.3 Å². The van der Waals surface area contributed by atoms with Gasteiger partial charge in [0.05, 0.1) is 0 Å². The minimum absolute atomic E-state index is 0.209. The van der Waals surface area contributed by atoms with E-state index < -0.39 is 17.8 Å². The zero-order valence-electron chi connectivity index (χ0n) is 17.0. The Hall–Kier alpha value is -2.48. The van der Waals surface area contributed by atoms with Crippen molar-refractivity contribution in [2.24, 2.45) is 5.92 Å². The molecule has 3 heterocycles. The SMILES string of the molecule is O=C1CCC(N2Cc3c(cc(F)cc3N3CCN(CC4CCC4)CC3)C2=O)C(=O)N1. The third-order valence-corrected chi connectivity index (χ3v) is 7.05. The molecular weight excluding hydrogens is 387 g/mol. The molecule has 1 saturated carbocycles. The first-order chi connectivity index (χ1) is 14.5. The molecule has 8 heteroatoms. The first-order valence-corrected chi connectivity index (χ1v) is 10.9. The molecule has 3 fully saturated rings. The molecule has 160 valence electrons. The maximum Gasteiger partial charge on any atom is 0.255 e. The fourth-order valence-electron chi connectivity index (χ4n) is 5.10. The van der Waals surface area contributed by atoms with Crippen molar-refractivity contribution >= 4 is 23.4 Å². The van der Waals surface area contributed by atoms with Crippen molar-refractivity contribution in [3.63, 3.8) is 0 Å². The number of nitrogens with zero attached hydrogens (tertiary/aromatic N) is 3. The minimum Gasteiger partial charge on any atom is -0.369 e. The van der Waals surface area contributed by atoms with E-state index >= 15 is 0 Å². The van der Waals surface area contributed by atoms with Gasteiger partial charge in [-0.3, -0.25) is 24.6 Å². The third-order valence-electron chi connectivity index (χ3n) is 7.05. The van der Waals surface area contributed by atoms with E-state index in [4.69, 9.17) is 0 Å². The van der Waals surface area contributed by atoms with Crippen LogP contribution >= 0.6 is 0 Å². The van der Waals surface area contributed by atoms with Gasteiger partial charge in [-0.25, -0.2) is 4.39 Å². The third kappa shape index (κ3) is 3.47. The van der Waals surface area contributed by atoms with Gasteiger partial charge in [0.25, 0.3) is 5.91 Å². The number of carbonyl (C=O) groups excluding carboxylic acids is 3. The molecular formula is C22H27FN4O3. The number of rotatable bonds is 4. The molecule has 0 radical (unpaired) electrons. The number of piperidine rings is 1. The average molecular weight is 414 g/mol. The lowest BCUT2D eigenvalue weighted by Gasteiger charge is -2.40. The minimum atomic E-state index is -0.683. The Morgan fingerprint density at radius 3 is 2.47 bits per heavy atom. The van der Waals surface area contributed by atoms with E-state index in [9.17, 15) is 18.8 Å². The number of nitrogens with one attached hydrogen (secondary N) is 1. The Kier molecular flexibility index (Phi) is 4.97. The highest BCUT2D eigenvalue weighted by atomic mass is 19.1. The van der Waals surface area contributed by atoms with E-state index in [-0.39, 0.29) is 24.8 Å². The normalized spacial score (nSPS) is 25.4. The molecule has 1 aromatic carbocycles. The lowest BCUT2D eigenvalue weighted by molar-refractivity contribution is -0.136. The highest BCUT2D eigenvalue weighted by Crippen LogP contribution is 2.36. The average Bonchev–Trinajstić information content (AvgIpc) is 3.01. The molecule has 5 rings (SSSR count). The maximum atomic E-state index is 14.4. The maximum absolute atomic E-state index is 14.4. The summed E-state index contributed by atoms with van der Waals surface area (Å²) in [5, 5.41) is 2.31. The first kappa shape index (κ1) is 19.5. The van der Waals surface area contributed by atoms with Crippen LogP contribution < -0.4 is 10.2 Å². The molecule has 2 saturated heterocycles. The fraction of sp³-hybridized carbons (Fsp3) is 0.591. The second kappa shape index (κ2) is 7.65. The van der Waals surface area contributed by atoms with Crippen molar-refractivity contribution in [2.75, 3.05) is 37.6 Å². The van der Waals surface area contributed by atoms with E-state index in [2.05, 4.69) is 15.1 Å². The fourth-order valence-corrected chi connectivity index (χ4v) is 5.10. The molecule has 3 amide bonds. The summed E-state index contributed by atoms with van der Waals surface area (Å²) in [6, 6.07) is 2.11. The highest BCUT2D eigenvalue weighted by Gasteiger charge is 2.41. The van der Waals surface area contributed by atoms with E-state index in [1.54, 1.807) is 0 Å². The van der Waals surface area contributed by atoms with Gasteiger partial charge < -0.3 is 9.80 Å². The van der Waals surface area contributed by atoms with Gasteiger partial charge in [0, 0.05) is 62.5 Å². The van der Waals surface area contributed by atoms with Crippen molar-refractivity contribution in [3.8, 4) is 0 Å². The summed E-state index contributed by atoms with van der Waals surface area (Å²) in [4.78, 5) is 42.9. The quantitative estimate of drug-likeness (QED) is 0.757. The Balaban J connectivity index is 1.33. The number of halogens is 1. The molecule has 1 N–H and O–H groups in total. The van der Waals surface area contributed by atoms with Gasteiger partial charge in [0.2, 0.25) is 11.8 Å². The Bertz CT molecular complexity index is 893. The molecule has 1 atom stereocenters. The monoisotopic (exact) mass is 414 g/mol. The predicted octanol–water partition coefficient (Wildman–Crippen LogP) is 1.51. The standard InChI is InChI=1S/C22H27FN4O3/c23-15-10-16-17(13-27(22(16)30)18-4-5-20(28)24-21(18)29)19(11-15)26-8-6-25(7-9-26)12-14-2-1-3-14/h10-11,14,18H,1-9,12-13H2,(H,24,28,29). The molecule has 1 aliphatic carbocycles. The van der Waals surface area contributed by atoms with Crippen LogP contribution in [0.1, 0.15) is 48.0 Å². The molecule has 3 aliphatic heterocycles. The number of amides is 3. The Morgan fingerprint density at radius 2 is 1.80 bits per heavy atom. The van der Waals surface area contributed by atoms with Gasteiger partial charge in [0.1, 0.15) is 11.9 Å². The molecule has 7 nitrogen and oxygen atoms in total. The molecule has 0 bridgehead atoms. The molecule has 4 aliphatic rings. The zero-order valence-corrected chi connectivity index (χ0v) is 17.0. The van der Waals surface area contributed by atoms with Crippen LogP contribution in [0.5, 0.6) is 0 Å². The van der Waals surface area contributed by atoms with Gasteiger partial charge in [0.15, 0.2) is 0 Å². The molecule has 30 heavy (non-hydrogen) atoms. The van der Waals surface area contributed by atoms with Crippen LogP contribution in [0, 0.1) is 11.7 Å². The van der Waals surface area contributed by atoms with Crippen LogP contribution in [0.15, 0.2) is 12.1 Å². The lowest BCUT2D eigenvalue weighted by atomic mass is 9.85. The molecule has 0 aromatic heterocycles.